The lowest BCUT2D eigenvalue weighted by atomic mass is 10.1. The number of nitrogens with zero attached hydrogens (tertiary/aromatic N) is 4. The Morgan fingerprint density at radius 2 is 2.08 bits per heavy atom. The molecule has 3 aromatic rings. The molecule has 138 valence electrons. The van der Waals surface area contributed by atoms with Crippen molar-refractivity contribution >= 4 is 16.9 Å². The van der Waals surface area contributed by atoms with Gasteiger partial charge in [-0.25, -0.2) is 4.98 Å². The lowest BCUT2D eigenvalue weighted by Crippen LogP contribution is -2.32. The molecular weight excluding hydrogens is 326 g/mol. The number of nitrogens with one attached hydrogen (secondary N) is 1. The van der Waals surface area contributed by atoms with Gasteiger partial charge in [0.2, 0.25) is 5.91 Å². The summed E-state index contributed by atoms with van der Waals surface area (Å²) in [6.07, 6.45) is 6.70. The second-order valence-corrected chi connectivity index (χ2v) is 7.36. The summed E-state index contributed by atoms with van der Waals surface area (Å²) in [5.41, 5.74) is 4.04. The van der Waals surface area contributed by atoms with Gasteiger partial charge in [-0.1, -0.05) is 20.8 Å². The number of hydrogen-bond donors (Lipinski definition) is 1. The van der Waals surface area contributed by atoms with Crippen molar-refractivity contribution in [1.82, 2.24) is 24.6 Å². The van der Waals surface area contributed by atoms with Gasteiger partial charge in [-0.2, -0.15) is 5.10 Å². The Morgan fingerprint density at radius 1 is 1.27 bits per heavy atom. The van der Waals surface area contributed by atoms with Crippen LogP contribution < -0.4 is 0 Å². The predicted molar refractivity (Wildman–Crippen MR) is 104 cm³/mol. The highest BCUT2D eigenvalue weighted by molar-refractivity contribution is 5.79. The molecule has 1 N–H and O–H groups in total. The van der Waals surface area contributed by atoms with Gasteiger partial charge in [-0.05, 0) is 30.5 Å². The van der Waals surface area contributed by atoms with Crippen LogP contribution in [0.4, 0.5) is 0 Å². The van der Waals surface area contributed by atoms with Gasteiger partial charge in [0.1, 0.15) is 0 Å². The monoisotopic (exact) mass is 353 g/mol. The van der Waals surface area contributed by atoms with Crippen molar-refractivity contribution < 1.29 is 4.79 Å². The quantitative estimate of drug-likeness (QED) is 0.706. The summed E-state index contributed by atoms with van der Waals surface area (Å²) in [6, 6.07) is 6.20. The molecule has 3 aromatic heterocycles. The molecule has 0 fully saturated rings. The average Bonchev–Trinajstić information content (AvgIpc) is 3.28. The van der Waals surface area contributed by atoms with Crippen LogP contribution in [0.15, 0.2) is 36.8 Å². The third-order valence-electron chi connectivity index (χ3n) is 4.75. The summed E-state index contributed by atoms with van der Waals surface area (Å²) in [4.78, 5) is 18.6. The lowest BCUT2D eigenvalue weighted by Gasteiger charge is -2.22. The van der Waals surface area contributed by atoms with Gasteiger partial charge in [0.15, 0.2) is 0 Å². The fourth-order valence-corrected chi connectivity index (χ4v) is 3.18. The number of H-pyrrole nitrogens is 1. The number of rotatable bonds is 7. The zero-order chi connectivity index (χ0) is 18.7. The van der Waals surface area contributed by atoms with E-state index >= 15 is 0 Å². The first-order chi connectivity index (χ1) is 12.5. The van der Waals surface area contributed by atoms with E-state index in [1.54, 1.807) is 6.20 Å². The van der Waals surface area contributed by atoms with Crippen molar-refractivity contribution in [1.29, 1.82) is 0 Å². The number of pyridine rings is 1. The van der Waals surface area contributed by atoms with Gasteiger partial charge in [-0.15, -0.1) is 0 Å². The van der Waals surface area contributed by atoms with Crippen LogP contribution in [-0.4, -0.2) is 44.1 Å². The third kappa shape index (κ3) is 3.95. The molecule has 0 bridgehead atoms. The SMILES string of the molecule is CC(CCN(C)C(=O)C(C)C)Cn1ccc2nc(-c3cn[nH]c3)ccc21. The summed E-state index contributed by atoms with van der Waals surface area (Å²) in [6.45, 7) is 7.82. The number of carbonyl (C=O) groups excluding carboxylic acids is 1. The standard InChI is InChI=1S/C20H27N5O/c1-14(2)20(26)24(4)9-7-15(3)13-25-10-8-18-19(25)6-5-17(23-18)16-11-21-22-12-16/h5-6,8,10-12,14-15H,7,9,13H2,1-4H3,(H,21,22). The van der Waals surface area contributed by atoms with Crippen LogP contribution in [0.5, 0.6) is 0 Å². The molecule has 3 rings (SSSR count). The maximum absolute atomic E-state index is 12.0. The van der Waals surface area contributed by atoms with Crippen LogP contribution in [0, 0.1) is 11.8 Å². The highest BCUT2D eigenvalue weighted by atomic mass is 16.2. The van der Waals surface area contributed by atoms with E-state index in [1.807, 2.05) is 38.1 Å². The van der Waals surface area contributed by atoms with Gasteiger partial charge in [0.05, 0.1) is 22.9 Å². The summed E-state index contributed by atoms with van der Waals surface area (Å²) in [5, 5.41) is 6.81. The predicted octanol–water partition coefficient (Wildman–Crippen LogP) is 3.57. The summed E-state index contributed by atoms with van der Waals surface area (Å²) in [5.74, 6) is 0.736. The van der Waals surface area contributed by atoms with Crippen molar-refractivity contribution in [3.05, 3.63) is 36.8 Å². The van der Waals surface area contributed by atoms with Crippen molar-refractivity contribution in [2.24, 2.45) is 11.8 Å². The molecule has 0 aliphatic carbocycles. The Kier molecular flexibility index (Phi) is 5.40. The molecular formula is C20H27N5O. The molecule has 0 aliphatic heterocycles. The molecule has 0 radical (unpaired) electrons. The zero-order valence-corrected chi connectivity index (χ0v) is 15.9. The number of aromatic nitrogens is 4. The first-order valence-corrected chi connectivity index (χ1v) is 9.15. The van der Waals surface area contributed by atoms with Crippen molar-refractivity contribution in [2.75, 3.05) is 13.6 Å². The fraction of sp³-hybridized carbons (Fsp3) is 0.450. The van der Waals surface area contributed by atoms with Crippen LogP contribution in [0.3, 0.4) is 0 Å². The molecule has 26 heavy (non-hydrogen) atoms. The molecule has 1 atom stereocenters. The summed E-state index contributed by atoms with van der Waals surface area (Å²) >= 11 is 0. The topological polar surface area (TPSA) is 66.8 Å². The molecule has 1 amide bonds. The van der Waals surface area contributed by atoms with Gasteiger partial charge >= 0.3 is 0 Å². The van der Waals surface area contributed by atoms with E-state index < -0.39 is 0 Å². The van der Waals surface area contributed by atoms with Crippen LogP contribution in [0.2, 0.25) is 0 Å². The van der Waals surface area contributed by atoms with E-state index in [-0.39, 0.29) is 11.8 Å². The first-order valence-electron chi connectivity index (χ1n) is 9.15. The maximum atomic E-state index is 12.0. The summed E-state index contributed by atoms with van der Waals surface area (Å²) < 4.78 is 2.25. The largest absolute Gasteiger partial charge is 0.346 e. The van der Waals surface area contributed by atoms with Gasteiger partial charge < -0.3 is 9.47 Å². The first kappa shape index (κ1) is 18.2. The molecule has 0 aromatic carbocycles. The van der Waals surface area contributed by atoms with Crippen molar-refractivity contribution in [3.8, 4) is 11.3 Å². The highest BCUT2D eigenvalue weighted by Crippen LogP contribution is 2.22. The number of aromatic amines is 1. The molecule has 0 saturated carbocycles. The molecule has 3 heterocycles. The molecule has 1 unspecified atom stereocenters. The van der Waals surface area contributed by atoms with Gasteiger partial charge in [-0.3, -0.25) is 9.89 Å². The highest BCUT2D eigenvalue weighted by Gasteiger charge is 2.14. The number of amides is 1. The van der Waals surface area contributed by atoms with E-state index in [9.17, 15) is 4.79 Å². The smallest absolute Gasteiger partial charge is 0.224 e. The van der Waals surface area contributed by atoms with Gasteiger partial charge in [0.25, 0.3) is 0 Å². The van der Waals surface area contributed by atoms with E-state index in [0.29, 0.717) is 5.92 Å². The molecule has 6 nitrogen and oxygen atoms in total. The van der Waals surface area contributed by atoms with E-state index in [2.05, 4.69) is 40.0 Å². The molecule has 0 saturated heterocycles. The van der Waals surface area contributed by atoms with Gasteiger partial charge in [0, 0.05) is 44.0 Å². The van der Waals surface area contributed by atoms with Crippen LogP contribution in [-0.2, 0) is 11.3 Å². The number of fused-ring (bicyclic) bond motifs is 1. The minimum absolute atomic E-state index is 0.0548. The van der Waals surface area contributed by atoms with E-state index in [4.69, 9.17) is 4.98 Å². The Labute approximate surface area is 154 Å². The Bertz CT molecular complexity index is 866. The molecule has 0 aliphatic rings. The van der Waals surface area contributed by atoms with Crippen molar-refractivity contribution in [2.45, 2.75) is 33.7 Å². The Balaban J connectivity index is 1.64. The Morgan fingerprint density at radius 3 is 2.77 bits per heavy atom. The second kappa shape index (κ2) is 7.72. The van der Waals surface area contributed by atoms with Crippen LogP contribution in [0.25, 0.3) is 22.3 Å². The number of hydrogen-bond acceptors (Lipinski definition) is 3. The minimum atomic E-state index is 0.0548. The van der Waals surface area contributed by atoms with Crippen LogP contribution >= 0.6 is 0 Å². The van der Waals surface area contributed by atoms with Crippen LogP contribution in [0.1, 0.15) is 27.2 Å². The number of carbonyl (C=O) groups is 1. The minimum Gasteiger partial charge on any atom is -0.346 e. The molecule has 6 heteroatoms. The lowest BCUT2D eigenvalue weighted by molar-refractivity contribution is -0.133. The fourth-order valence-electron chi connectivity index (χ4n) is 3.18. The van der Waals surface area contributed by atoms with E-state index in [0.717, 1.165) is 41.8 Å². The maximum Gasteiger partial charge on any atom is 0.224 e. The van der Waals surface area contributed by atoms with Crippen molar-refractivity contribution in [3.63, 3.8) is 0 Å². The second-order valence-electron chi connectivity index (χ2n) is 7.36. The van der Waals surface area contributed by atoms with E-state index in [1.165, 1.54) is 0 Å². The zero-order valence-electron chi connectivity index (χ0n) is 15.9. The normalized spacial score (nSPS) is 12.7. The average molecular weight is 353 g/mol. The third-order valence-corrected chi connectivity index (χ3v) is 4.75. The molecule has 0 spiro atoms. The Hall–Kier alpha value is -2.63. The summed E-state index contributed by atoms with van der Waals surface area (Å²) in [7, 11) is 1.89.